The molecule has 104 valence electrons. The van der Waals surface area contributed by atoms with Crippen LogP contribution in [0.3, 0.4) is 0 Å². The Hall–Kier alpha value is -2.63. The molecular weight excluding hydrogens is 261 g/mol. The van der Waals surface area contributed by atoms with Gasteiger partial charge in [0.15, 0.2) is 17.3 Å². The predicted molar refractivity (Wildman–Crippen MR) is 74.2 cm³/mol. The lowest BCUT2D eigenvalue weighted by Gasteiger charge is -2.09. The number of aromatic nitrogens is 1. The summed E-state index contributed by atoms with van der Waals surface area (Å²) in [6.45, 7) is 2.13. The number of hydrogen-bond donors (Lipinski definition) is 2. The first-order valence-electron chi connectivity index (χ1n) is 6.06. The largest absolute Gasteiger partial charge is 0.491 e. The van der Waals surface area contributed by atoms with E-state index in [1.54, 1.807) is 25.1 Å². The lowest BCUT2D eigenvalue weighted by Crippen LogP contribution is -2.15. The minimum absolute atomic E-state index is 0.0989. The number of nitrogens with two attached hydrogens (primary N) is 1. The van der Waals surface area contributed by atoms with E-state index in [1.807, 2.05) is 0 Å². The van der Waals surface area contributed by atoms with E-state index >= 15 is 0 Å². The van der Waals surface area contributed by atoms with Crippen molar-refractivity contribution in [2.75, 3.05) is 17.7 Å². The number of rotatable bonds is 4. The molecule has 0 radical (unpaired) electrons. The highest BCUT2D eigenvalue weighted by atomic mass is 19.1. The highest BCUT2D eigenvalue weighted by Gasteiger charge is 2.12. The number of pyridine rings is 1. The molecule has 0 aliphatic heterocycles. The normalized spacial score (nSPS) is 10.1. The molecule has 0 fully saturated rings. The van der Waals surface area contributed by atoms with Crippen molar-refractivity contribution < 1.29 is 13.9 Å². The summed E-state index contributed by atoms with van der Waals surface area (Å²) in [5.74, 6) is -0.895. The Balaban J connectivity index is 2.16. The molecule has 0 aliphatic rings. The fourth-order valence-corrected chi connectivity index (χ4v) is 1.65. The van der Waals surface area contributed by atoms with Gasteiger partial charge in [0.2, 0.25) is 0 Å². The van der Waals surface area contributed by atoms with E-state index in [9.17, 15) is 9.18 Å². The fraction of sp³-hybridized carbons (Fsp3) is 0.143. The van der Waals surface area contributed by atoms with Crippen LogP contribution in [0, 0.1) is 5.82 Å². The zero-order valence-corrected chi connectivity index (χ0v) is 10.9. The summed E-state index contributed by atoms with van der Waals surface area (Å²) in [6, 6.07) is 7.38. The first kappa shape index (κ1) is 13.8. The summed E-state index contributed by atoms with van der Waals surface area (Å²) in [5, 5.41) is 2.53. The summed E-state index contributed by atoms with van der Waals surface area (Å²) in [5.41, 5.74) is 6.32. The third-order valence-corrected chi connectivity index (χ3v) is 2.54. The van der Waals surface area contributed by atoms with Crippen LogP contribution in [0.5, 0.6) is 5.75 Å². The summed E-state index contributed by atoms with van der Waals surface area (Å²) >= 11 is 0. The SMILES string of the molecule is CCOc1ccc(NC(=O)c2ncccc2N)cc1F. The molecule has 2 aromatic rings. The number of carbonyl (C=O) groups is 1. The number of halogens is 1. The molecular formula is C14H14FN3O2. The molecule has 0 saturated heterocycles. The van der Waals surface area contributed by atoms with Crippen molar-refractivity contribution in [3.8, 4) is 5.75 Å². The molecule has 1 aromatic carbocycles. The monoisotopic (exact) mass is 275 g/mol. The van der Waals surface area contributed by atoms with Crippen molar-refractivity contribution in [3.05, 3.63) is 48.0 Å². The number of amides is 1. The molecule has 0 saturated carbocycles. The van der Waals surface area contributed by atoms with Gasteiger partial charge >= 0.3 is 0 Å². The van der Waals surface area contributed by atoms with E-state index in [0.29, 0.717) is 12.3 Å². The predicted octanol–water partition coefficient (Wildman–Crippen LogP) is 2.45. The first-order valence-corrected chi connectivity index (χ1v) is 6.06. The summed E-state index contributed by atoms with van der Waals surface area (Å²) in [7, 11) is 0. The van der Waals surface area contributed by atoms with Gasteiger partial charge in [-0.2, -0.15) is 0 Å². The lowest BCUT2D eigenvalue weighted by molar-refractivity contribution is 0.102. The van der Waals surface area contributed by atoms with Gasteiger partial charge in [0.05, 0.1) is 12.3 Å². The molecule has 5 nitrogen and oxygen atoms in total. The molecule has 0 unspecified atom stereocenters. The van der Waals surface area contributed by atoms with Gasteiger partial charge in [-0.25, -0.2) is 9.37 Å². The van der Waals surface area contributed by atoms with Crippen LogP contribution in [0.15, 0.2) is 36.5 Å². The second-order valence-corrected chi connectivity index (χ2v) is 3.97. The van der Waals surface area contributed by atoms with Crippen molar-refractivity contribution in [1.29, 1.82) is 0 Å². The van der Waals surface area contributed by atoms with Crippen LogP contribution in [-0.4, -0.2) is 17.5 Å². The molecule has 0 bridgehead atoms. The Morgan fingerprint density at radius 2 is 2.25 bits per heavy atom. The van der Waals surface area contributed by atoms with Crippen molar-refractivity contribution in [2.24, 2.45) is 0 Å². The van der Waals surface area contributed by atoms with Crippen molar-refractivity contribution in [3.63, 3.8) is 0 Å². The van der Waals surface area contributed by atoms with Crippen LogP contribution in [-0.2, 0) is 0 Å². The van der Waals surface area contributed by atoms with E-state index in [0.717, 1.165) is 0 Å². The molecule has 3 N–H and O–H groups in total. The maximum absolute atomic E-state index is 13.7. The number of benzene rings is 1. The summed E-state index contributed by atoms with van der Waals surface area (Å²) in [4.78, 5) is 15.8. The smallest absolute Gasteiger partial charge is 0.276 e. The van der Waals surface area contributed by atoms with Crippen LogP contribution in [0.4, 0.5) is 15.8 Å². The average Bonchev–Trinajstić information content (AvgIpc) is 2.42. The number of nitrogen functional groups attached to an aromatic ring is 1. The summed E-state index contributed by atoms with van der Waals surface area (Å²) in [6.07, 6.45) is 1.46. The van der Waals surface area contributed by atoms with Crippen LogP contribution in [0.1, 0.15) is 17.4 Å². The van der Waals surface area contributed by atoms with Gasteiger partial charge in [-0.1, -0.05) is 0 Å². The molecule has 0 atom stereocenters. The highest BCUT2D eigenvalue weighted by molar-refractivity contribution is 6.06. The molecule has 6 heteroatoms. The third kappa shape index (κ3) is 3.03. The van der Waals surface area contributed by atoms with Gasteiger partial charge < -0.3 is 15.8 Å². The molecule has 1 amide bonds. The van der Waals surface area contributed by atoms with Crippen LogP contribution < -0.4 is 15.8 Å². The van der Waals surface area contributed by atoms with E-state index in [4.69, 9.17) is 10.5 Å². The molecule has 0 aliphatic carbocycles. The fourth-order valence-electron chi connectivity index (χ4n) is 1.65. The Morgan fingerprint density at radius 1 is 1.45 bits per heavy atom. The Labute approximate surface area is 115 Å². The van der Waals surface area contributed by atoms with E-state index < -0.39 is 11.7 Å². The first-order chi connectivity index (χ1) is 9.61. The van der Waals surface area contributed by atoms with E-state index in [2.05, 4.69) is 10.3 Å². The summed E-state index contributed by atoms with van der Waals surface area (Å²) < 4.78 is 18.7. The van der Waals surface area contributed by atoms with Crippen LogP contribution >= 0.6 is 0 Å². The van der Waals surface area contributed by atoms with Gasteiger partial charge in [0.1, 0.15) is 0 Å². The Kier molecular flexibility index (Phi) is 4.14. The van der Waals surface area contributed by atoms with Crippen molar-refractivity contribution in [2.45, 2.75) is 6.92 Å². The van der Waals surface area contributed by atoms with Gasteiger partial charge in [-0.3, -0.25) is 4.79 Å². The van der Waals surface area contributed by atoms with E-state index in [-0.39, 0.29) is 17.1 Å². The Morgan fingerprint density at radius 3 is 2.90 bits per heavy atom. The Bertz CT molecular complexity index is 632. The van der Waals surface area contributed by atoms with Crippen molar-refractivity contribution in [1.82, 2.24) is 4.98 Å². The highest BCUT2D eigenvalue weighted by Crippen LogP contribution is 2.21. The lowest BCUT2D eigenvalue weighted by atomic mass is 10.2. The number of nitrogens with one attached hydrogen (secondary N) is 1. The van der Waals surface area contributed by atoms with Gasteiger partial charge in [-0.15, -0.1) is 0 Å². The average molecular weight is 275 g/mol. The molecule has 20 heavy (non-hydrogen) atoms. The molecule has 1 heterocycles. The zero-order chi connectivity index (χ0) is 14.5. The number of carbonyl (C=O) groups excluding carboxylic acids is 1. The van der Waals surface area contributed by atoms with E-state index in [1.165, 1.54) is 18.3 Å². The molecule has 1 aromatic heterocycles. The second-order valence-electron chi connectivity index (χ2n) is 3.97. The van der Waals surface area contributed by atoms with Crippen molar-refractivity contribution >= 4 is 17.3 Å². The maximum Gasteiger partial charge on any atom is 0.276 e. The minimum atomic E-state index is -0.543. The van der Waals surface area contributed by atoms with Crippen LogP contribution in [0.25, 0.3) is 0 Å². The standard InChI is InChI=1S/C14H14FN3O2/c1-2-20-12-6-5-9(8-10(12)15)18-14(19)13-11(16)4-3-7-17-13/h3-8H,2,16H2,1H3,(H,18,19). The maximum atomic E-state index is 13.7. The zero-order valence-electron chi connectivity index (χ0n) is 10.9. The van der Waals surface area contributed by atoms with Gasteiger partial charge in [-0.05, 0) is 31.2 Å². The van der Waals surface area contributed by atoms with Crippen LogP contribution in [0.2, 0.25) is 0 Å². The molecule has 2 rings (SSSR count). The van der Waals surface area contributed by atoms with Gasteiger partial charge in [0.25, 0.3) is 5.91 Å². The van der Waals surface area contributed by atoms with Gasteiger partial charge in [0, 0.05) is 18.0 Å². The second kappa shape index (κ2) is 6.01. The minimum Gasteiger partial charge on any atom is -0.491 e. The molecule has 0 spiro atoms. The topological polar surface area (TPSA) is 77.2 Å². The number of hydrogen-bond acceptors (Lipinski definition) is 4. The number of ether oxygens (including phenoxy) is 1. The quantitative estimate of drug-likeness (QED) is 0.898. The number of anilines is 2. The third-order valence-electron chi connectivity index (χ3n) is 2.54. The number of nitrogens with zero attached hydrogens (tertiary/aromatic N) is 1.